The molecule has 1 atom stereocenters. The van der Waals surface area contributed by atoms with Gasteiger partial charge >= 0.3 is 6.18 Å². The molecule has 0 aromatic rings. The lowest BCUT2D eigenvalue weighted by Crippen LogP contribution is -2.15. The van der Waals surface area contributed by atoms with Crippen LogP contribution >= 0.6 is 0 Å². The van der Waals surface area contributed by atoms with Gasteiger partial charge in [-0.15, -0.1) is 0 Å². The molecule has 0 aromatic carbocycles. The molecule has 0 saturated heterocycles. The lowest BCUT2D eigenvalue weighted by Gasteiger charge is -2.22. The molecule has 18 heavy (non-hydrogen) atoms. The van der Waals surface area contributed by atoms with Crippen LogP contribution in [0.15, 0.2) is 35.1 Å². The molecule has 4 heteroatoms. The number of hydrogen-bond acceptors (Lipinski definition) is 1. The Labute approximate surface area is 106 Å². The highest BCUT2D eigenvalue weighted by molar-refractivity contribution is 5.36. The van der Waals surface area contributed by atoms with Crippen molar-refractivity contribution in [1.82, 2.24) is 0 Å². The van der Waals surface area contributed by atoms with E-state index in [1.54, 1.807) is 6.08 Å². The molecule has 0 radical (unpaired) electrons. The molecule has 0 spiro atoms. The van der Waals surface area contributed by atoms with E-state index in [1.165, 1.54) is 13.2 Å². The Kier molecular flexibility index (Phi) is 4.65. The summed E-state index contributed by atoms with van der Waals surface area (Å²) in [5.74, 6) is 0.456. The van der Waals surface area contributed by atoms with E-state index < -0.39 is 11.7 Å². The molecule has 102 valence electrons. The average Bonchev–Trinajstić information content (AvgIpc) is 2.22. The summed E-state index contributed by atoms with van der Waals surface area (Å²) in [5, 5.41) is 0. The van der Waals surface area contributed by atoms with Crippen molar-refractivity contribution < 1.29 is 17.9 Å². The Hall–Kier alpha value is -1.19. The fraction of sp³-hybridized carbons (Fsp3) is 0.571. The second kappa shape index (κ2) is 5.63. The largest absolute Gasteiger partial charge is 0.497 e. The van der Waals surface area contributed by atoms with Gasteiger partial charge in [0.1, 0.15) is 5.76 Å². The molecule has 1 nitrogen and oxygen atoms in total. The summed E-state index contributed by atoms with van der Waals surface area (Å²) in [5.41, 5.74) is 0.177. The predicted molar refractivity (Wildman–Crippen MR) is 65.9 cm³/mol. The number of alkyl halides is 3. The highest BCUT2D eigenvalue weighted by atomic mass is 19.4. The van der Waals surface area contributed by atoms with Crippen molar-refractivity contribution in [1.29, 1.82) is 0 Å². The zero-order valence-electron chi connectivity index (χ0n) is 11.1. The lowest BCUT2D eigenvalue weighted by atomic mass is 9.86. The van der Waals surface area contributed by atoms with Crippen LogP contribution < -0.4 is 0 Å². The summed E-state index contributed by atoms with van der Waals surface area (Å²) in [7, 11) is 1.38. The van der Waals surface area contributed by atoms with E-state index in [9.17, 15) is 13.2 Å². The van der Waals surface area contributed by atoms with E-state index in [4.69, 9.17) is 4.74 Å². The molecule has 1 rings (SSSR count). The summed E-state index contributed by atoms with van der Waals surface area (Å²) in [6.07, 6.45) is 0.380. The van der Waals surface area contributed by atoms with Gasteiger partial charge in [-0.2, -0.15) is 13.2 Å². The molecule has 0 saturated carbocycles. The van der Waals surface area contributed by atoms with Gasteiger partial charge in [-0.3, -0.25) is 0 Å². The third-order valence-corrected chi connectivity index (χ3v) is 3.09. The first kappa shape index (κ1) is 14.9. The van der Waals surface area contributed by atoms with Gasteiger partial charge in [0.15, 0.2) is 0 Å². The SMILES string of the molecule is COC1=CCC(C)C(C(C)C)=CC(C(F)(F)F)=C1. The molecule has 1 aliphatic rings. The average molecular weight is 260 g/mol. The molecule has 0 aromatic heterocycles. The van der Waals surface area contributed by atoms with Crippen LogP contribution in [0.25, 0.3) is 0 Å². The maximum atomic E-state index is 12.9. The van der Waals surface area contributed by atoms with Crippen LogP contribution in [-0.2, 0) is 4.74 Å². The summed E-state index contributed by atoms with van der Waals surface area (Å²) in [6, 6.07) is 0. The summed E-state index contributed by atoms with van der Waals surface area (Å²) >= 11 is 0. The monoisotopic (exact) mass is 260 g/mol. The van der Waals surface area contributed by atoms with Gasteiger partial charge in [0.2, 0.25) is 0 Å². The van der Waals surface area contributed by atoms with Gasteiger partial charge < -0.3 is 4.74 Å². The van der Waals surface area contributed by atoms with Crippen molar-refractivity contribution in [2.45, 2.75) is 33.4 Å². The molecule has 1 aliphatic carbocycles. The van der Waals surface area contributed by atoms with Crippen LogP contribution in [0.1, 0.15) is 27.2 Å². The minimum Gasteiger partial charge on any atom is -0.497 e. The van der Waals surface area contributed by atoms with Crippen LogP contribution in [0.5, 0.6) is 0 Å². The molecule has 0 amide bonds. The Balaban J connectivity index is 3.28. The molecular formula is C14H19F3O. The van der Waals surface area contributed by atoms with E-state index in [0.29, 0.717) is 6.42 Å². The minimum atomic E-state index is -4.35. The molecule has 0 aliphatic heterocycles. The van der Waals surface area contributed by atoms with Crippen molar-refractivity contribution in [2.24, 2.45) is 11.8 Å². The van der Waals surface area contributed by atoms with Crippen molar-refractivity contribution >= 4 is 0 Å². The highest BCUT2D eigenvalue weighted by Gasteiger charge is 2.33. The second-order valence-electron chi connectivity index (χ2n) is 4.84. The Morgan fingerprint density at radius 2 is 1.89 bits per heavy atom. The van der Waals surface area contributed by atoms with Gasteiger partial charge in [0.05, 0.1) is 12.7 Å². The first-order chi connectivity index (χ1) is 8.25. The minimum absolute atomic E-state index is 0.0844. The third-order valence-electron chi connectivity index (χ3n) is 3.09. The first-order valence-electron chi connectivity index (χ1n) is 6.00. The maximum Gasteiger partial charge on any atom is 0.416 e. The zero-order valence-corrected chi connectivity index (χ0v) is 11.1. The fourth-order valence-electron chi connectivity index (χ4n) is 2.05. The van der Waals surface area contributed by atoms with Crippen LogP contribution in [-0.4, -0.2) is 13.3 Å². The van der Waals surface area contributed by atoms with E-state index in [-0.39, 0.29) is 17.6 Å². The van der Waals surface area contributed by atoms with E-state index in [1.807, 2.05) is 20.8 Å². The molecule has 0 bridgehead atoms. The van der Waals surface area contributed by atoms with Gasteiger partial charge in [-0.05, 0) is 30.4 Å². The number of ether oxygens (including phenoxy) is 1. The number of hydrogen-bond donors (Lipinski definition) is 0. The van der Waals surface area contributed by atoms with Crippen LogP contribution in [0.2, 0.25) is 0 Å². The number of allylic oxidation sites excluding steroid dienone is 5. The van der Waals surface area contributed by atoms with Crippen LogP contribution in [0.4, 0.5) is 13.2 Å². The number of halogens is 3. The Morgan fingerprint density at radius 3 is 2.33 bits per heavy atom. The standard InChI is InChI=1S/C14H19F3O/c1-9(2)13-8-11(14(15,16)17)7-12(18-4)6-5-10(13)3/h6-10H,5H2,1-4H3. The van der Waals surface area contributed by atoms with Gasteiger partial charge in [0, 0.05) is 0 Å². The molecule has 0 N–H and O–H groups in total. The van der Waals surface area contributed by atoms with Crippen LogP contribution in [0.3, 0.4) is 0 Å². The van der Waals surface area contributed by atoms with Gasteiger partial charge in [-0.1, -0.05) is 32.4 Å². The molecular weight excluding hydrogens is 241 g/mol. The Bertz CT molecular complexity index is 386. The van der Waals surface area contributed by atoms with E-state index in [2.05, 4.69) is 0 Å². The zero-order chi connectivity index (χ0) is 13.9. The number of rotatable bonds is 2. The fourth-order valence-corrected chi connectivity index (χ4v) is 2.05. The maximum absolute atomic E-state index is 12.9. The van der Waals surface area contributed by atoms with Gasteiger partial charge in [0.25, 0.3) is 0 Å². The molecule has 1 unspecified atom stereocenters. The summed E-state index contributed by atoms with van der Waals surface area (Å²) in [4.78, 5) is 0. The van der Waals surface area contributed by atoms with E-state index in [0.717, 1.165) is 11.6 Å². The number of methoxy groups -OCH3 is 1. The smallest absolute Gasteiger partial charge is 0.416 e. The second-order valence-corrected chi connectivity index (χ2v) is 4.84. The van der Waals surface area contributed by atoms with Crippen molar-refractivity contribution in [2.75, 3.05) is 7.11 Å². The van der Waals surface area contributed by atoms with Crippen molar-refractivity contribution in [3.8, 4) is 0 Å². The topological polar surface area (TPSA) is 9.23 Å². The van der Waals surface area contributed by atoms with Gasteiger partial charge in [-0.25, -0.2) is 0 Å². The van der Waals surface area contributed by atoms with Crippen molar-refractivity contribution in [3.05, 3.63) is 35.1 Å². The molecule has 0 fully saturated rings. The summed E-state index contributed by atoms with van der Waals surface area (Å²) in [6.45, 7) is 5.77. The molecule has 0 heterocycles. The first-order valence-corrected chi connectivity index (χ1v) is 6.00. The lowest BCUT2D eigenvalue weighted by molar-refractivity contribution is -0.0885. The summed E-state index contributed by atoms with van der Waals surface area (Å²) < 4.78 is 43.7. The van der Waals surface area contributed by atoms with Crippen molar-refractivity contribution in [3.63, 3.8) is 0 Å². The van der Waals surface area contributed by atoms with Crippen LogP contribution in [0, 0.1) is 11.8 Å². The highest BCUT2D eigenvalue weighted by Crippen LogP contribution is 2.34. The van der Waals surface area contributed by atoms with E-state index >= 15 is 0 Å². The Morgan fingerprint density at radius 1 is 1.28 bits per heavy atom. The quantitative estimate of drug-likeness (QED) is 0.703. The normalized spacial score (nSPS) is 21.8. The third kappa shape index (κ3) is 3.65. The predicted octanol–water partition coefficient (Wildman–Crippen LogP) is 4.63.